The maximum Gasteiger partial charge on any atom is 0.155 e. The highest BCUT2D eigenvalue weighted by Crippen LogP contribution is 2.28. The SMILES string of the molecule is Cl.Cn1ncc(CN2CCN(c3nccnc3-c3ccc(F)cc3)CC2)c1Cl. The van der Waals surface area contributed by atoms with Crippen LogP contribution in [0.25, 0.3) is 11.3 Å². The maximum absolute atomic E-state index is 13.2. The first-order valence-electron chi connectivity index (χ1n) is 8.82. The van der Waals surface area contributed by atoms with Gasteiger partial charge in [0.15, 0.2) is 5.82 Å². The summed E-state index contributed by atoms with van der Waals surface area (Å²) in [5.74, 6) is 0.579. The van der Waals surface area contributed by atoms with E-state index in [0.717, 1.165) is 55.4 Å². The summed E-state index contributed by atoms with van der Waals surface area (Å²) in [6.07, 6.45) is 5.19. The first kappa shape index (κ1) is 20.5. The number of piperazine rings is 1. The Morgan fingerprint density at radius 3 is 2.36 bits per heavy atom. The molecule has 0 aliphatic carbocycles. The molecule has 1 aromatic carbocycles. The molecule has 0 saturated carbocycles. The zero-order valence-corrected chi connectivity index (χ0v) is 17.0. The van der Waals surface area contributed by atoms with Crippen LogP contribution in [0.4, 0.5) is 10.2 Å². The Bertz CT molecular complexity index is 922. The van der Waals surface area contributed by atoms with Crippen molar-refractivity contribution in [1.29, 1.82) is 0 Å². The lowest BCUT2D eigenvalue weighted by Crippen LogP contribution is -2.46. The van der Waals surface area contributed by atoms with Gasteiger partial charge in [-0.05, 0) is 24.3 Å². The second-order valence-corrected chi connectivity index (χ2v) is 6.94. The van der Waals surface area contributed by atoms with Crippen LogP contribution in [-0.2, 0) is 13.6 Å². The standard InChI is InChI=1S/C19H20ClFN6.ClH/c1-25-18(20)15(12-24-25)13-26-8-10-27(11-9-26)19-17(22-6-7-23-19)14-2-4-16(21)5-3-14;/h2-7,12H,8-11,13H2,1H3;1H. The van der Waals surface area contributed by atoms with Crippen LogP contribution in [0, 0.1) is 5.82 Å². The van der Waals surface area contributed by atoms with Crippen molar-refractivity contribution in [2.45, 2.75) is 6.54 Å². The average Bonchev–Trinajstić information content (AvgIpc) is 3.01. The van der Waals surface area contributed by atoms with E-state index in [4.69, 9.17) is 11.6 Å². The van der Waals surface area contributed by atoms with Gasteiger partial charge in [-0.1, -0.05) is 11.6 Å². The predicted octanol–water partition coefficient (Wildman–Crippen LogP) is 3.41. The third-order valence-corrected chi connectivity index (χ3v) is 5.29. The van der Waals surface area contributed by atoms with E-state index in [1.165, 1.54) is 12.1 Å². The van der Waals surface area contributed by atoms with Crippen molar-refractivity contribution >= 4 is 29.8 Å². The predicted molar refractivity (Wildman–Crippen MR) is 110 cm³/mol. The average molecular weight is 423 g/mol. The van der Waals surface area contributed by atoms with Gasteiger partial charge >= 0.3 is 0 Å². The van der Waals surface area contributed by atoms with E-state index in [0.29, 0.717) is 5.15 Å². The van der Waals surface area contributed by atoms with Gasteiger partial charge in [0.1, 0.15) is 16.7 Å². The van der Waals surface area contributed by atoms with E-state index in [1.54, 1.807) is 29.2 Å². The Labute approximate surface area is 174 Å². The fourth-order valence-electron chi connectivity index (χ4n) is 3.31. The van der Waals surface area contributed by atoms with Crippen molar-refractivity contribution < 1.29 is 4.39 Å². The number of hydrogen-bond acceptors (Lipinski definition) is 5. The molecule has 148 valence electrons. The number of benzene rings is 1. The monoisotopic (exact) mass is 422 g/mol. The number of rotatable bonds is 4. The molecule has 0 radical (unpaired) electrons. The van der Waals surface area contributed by atoms with Gasteiger partial charge in [-0.25, -0.2) is 9.37 Å². The quantitative estimate of drug-likeness (QED) is 0.644. The fourth-order valence-corrected chi connectivity index (χ4v) is 3.46. The molecule has 3 heterocycles. The van der Waals surface area contributed by atoms with Gasteiger partial charge in [0.2, 0.25) is 0 Å². The number of aromatic nitrogens is 4. The topological polar surface area (TPSA) is 50.1 Å². The van der Waals surface area contributed by atoms with E-state index >= 15 is 0 Å². The summed E-state index contributed by atoms with van der Waals surface area (Å²) in [5.41, 5.74) is 2.68. The molecule has 4 rings (SSSR count). The van der Waals surface area contributed by atoms with Crippen molar-refractivity contribution in [2.75, 3.05) is 31.1 Å². The Morgan fingerprint density at radius 1 is 1.04 bits per heavy atom. The fraction of sp³-hybridized carbons (Fsp3) is 0.316. The summed E-state index contributed by atoms with van der Waals surface area (Å²) >= 11 is 6.27. The number of anilines is 1. The normalized spacial score (nSPS) is 14.8. The lowest BCUT2D eigenvalue weighted by molar-refractivity contribution is 0.249. The lowest BCUT2D eigenvalue weighted by Gasteiger charge is -2.35. The second-order valence-electron chi connectivity index (χ2n) is 6.58. The summed E-state index contributed by atoms with van der Waals surface area (Å²) in [5, 5.41) is 4.88. The molecule has 6 nitrogen and oxygen atoms in total. The molecule has 2 aromatic heterocycles. The molecular formula is C19H21Cl2FN6. The molecular weight excluding hydrogens is 402 g/mol. The minimum Gasteiger partial charge on any atom is -0.352 e. The molecule has 0 amide bonds. The highest BCUT2D eigenvalue weighted by molar-refractivity contribution is 6.30. The molecule has 1 fully saturated rings. The number of hydrogen-bond donors (Lipinski definition) is 0. The van der Waals surface area contributed by atoms with E-state index in [2.05, 4.69) is 24.9 Å². The van der Waals surface area contributed by atoms with Crippen molar-refractivity contribution in [1.82, 2.24) is 24.6 Å². The first-order valence-corrected chi connectivity index (χ1v) is 9.20. The van der Waals surface area contributed by atoms with Crippen LogP contribution >= 0.6 is 24.0 Å². The molecule has 1 aliphatic rings. The highest BCUT2D eigenvalue weighted by Gasteiger charge is 2.22. The van der Waals surface area contributed by atoms with E-state index in [9.17, 15) is 4.39 Å². The zero-order chi connectivity index (χ0) is 18.8. The number of aryl methyl sites for hydroxylation is 1. The van der Waals surface area contributed by atoms with Crippen LogP contribution in [0.3, 0.4) is 0 Å². The maximum atomic E-state index is 13.2. The molecule has 0 unspecified atom stereocenters. The van der Waals surface area contributed by atoms with Crippen molar-refractivity contribution in [3.63, 3.8) is 0 Å². The van der Waals surface area contributed by atoms with Gasteiger partial charge < -0.3 is 4.90 Å². The Morgan fingerprint density at radius 2 is 1.71 bits per heavy atom. The van der Waals surface area contributed by atoms with Crippen LogP contribution in [-0.4, -0.2) is 50.8 Å². The van der Waals surface area contributed by atoms with E-state index in [1.807, 2.05) is 13.2 Å². The van der Waals surface area contributed by atoms with Crippen molar-refractivity contribution in [3.05, 3.63) is 59.4 Å². The molecule has 9 heteroatoms. The molecule has 28 heavy (non-hydrogen) atoms. The molecule has 1 saturated heterocycles. The van der Waals surface area contributed by atoms with Gasteiger partial charge in [-0.3, -0.25) is 14.6 Å². The first-order chi connectivity index (χ1) is 13.1. The molecule has 0 atom stereocenters. The van der Waals surface area contributed by atoms with Gasteiger partial charge in [0, 0.05) is 63.3 Å². The Balaban J connectivity index is 0.00000225. The second kappa shape index (κ2) is 8.86. The van der Waals surface area contributed by atoms with Gasteiger partial charge in [0.25, 0.3) is 0 Å². The third-order valence-electron chi connectivity index (χ3n) is 4.80. The van der Waals surface area contributed by atoms with E-state index < -0.39 is 0 Å². The van der Waals surface area contributed by atoms with Crippen molar-refractivity contribution in [2.24, 2.45) is 7.05 Å². The van der Waals surface area contributed by atoms with Crippen LogP contribution in [0.2, 0.25) is 5.15 Å². The number of nitrogens with zero attached hydrogens (tertiary/aromatic N) is 6. The summed E-state index contributed by atoms with van der Waals surface area (Å²) in [7, 11) is 1.84. The van der Waals surface area contributed by atoms with Crippen molar-refractivity contribution in [3.8, 4) is 11.3 Å². The Kier molecular flexibility index (Phi) is 6.49. The van der Waals surface area contributed by atoms with E-state index in [-0.39, 0.29) is 18.2 Å². The molecule has 0 spiro atoms. The van der Waals surface area contributed by atoms with Gasteiger partial charge in [-0.15, -0.1) is 12.4 Å². The Hall–Kier alpha value is -2.22. The zero-order valence-electron chi connectivity index (χ0n) is 15.4. The molecule has 0 bridgehead atoms. The van der Waals surface area contributed by atoms with Crippen LogP contribution in [0.1, 0.15) is 5.56 Å². The third kappa shape index (κ3) is 4.27. The molecule has 3 aromatic rings. The van der Waals surface area contributed by atoms with Gasteiger partial charge in [0.05, 0.1) is 6.20 Å². The summed E-state index contributed by atoms with van der Waals surface area (Å²) in [4.78, 5) is 13.6. The molecule has 0 N–H and O–H groups in total. The largest absolute Gasteiger partial charge is 0.352 e. The minimum absolute atomic E-state index is 0. The summed E-state index contributed by atoms with van der Waals surface area (Å²) in [6.45, 7) is 4.25. The minimum atomic E-state index is -0.258. The molecule has 1 aliphatic heterocycles. The number of halogens is 3. The lowest BCUT2D eigenvalue weighted by atomic mass is 10.1. The summed E-state index contributed by atoms with van der Waals surface area (Å²) < 4.78 is 14.9. The van der Waals surface area contributed by atoms with Crippen LogP contribution in [0.5, 0.6) is 0 Å². The van der Waals surface area contributed by atoms with Gasteiger partial charge in [-0.2, -0.15) is 5.10 Å². The van der Waals surface area contributed by atoms with Crippen LogP contribution in [0.15, 0.2) is 42.9 Å². The smallest absolute Gasteiger partial charge is 0.155 e. The highest BCUT2D eigenvalue weighted by atomic mass is 35.5. The van der Waals surface area contributed by atoms with Crippen LogP contribution < -0.4 is 4.90 Å². The summed E-state index contributed by atoms with van der Waals surface area (Å²) in [6, 6.07) is 6.37.